The molecule has 0 unspecified atom stereocenters. The third-order valence-electron chi connectivity index (χ3n) is 2.28. The van der Waals surface area contributed by atoms with E-state index >= 15 is 0 Å². The Balaban J connectivity index is 2.16. The van der Waals surface area contributed by atoms with Crippen LogP contribution in [0.15, 0.2) is 28.9 Å². The van der Waals surface area contributed by atoms with Gasteiger partial charge in [-0.15, -0.1) is 5.10 Å². The van der Waals surface area contributed by atoms with Gasteiger partial charge in [-0.2, -0.15) is 0 Å². The van der Waals surface area contributed by atoms with Crippen molar-refractivity contribution < 1.29 is 14.3 Å². The zero-order valence-corrected chi connectivity index (χ0v) is 10.8. The third kappa shape index (κ3) is 2.92. The van der Waals surface area contributed by atoms with Gasteiger partial charge in [0, 0.05) is 6.20 Å². The highest BCUT2D eigenvalue weighted by Crippen LogP contribution is 2.21. The predicted molar refractivity (Wildman–Crippen MR) is 64.6 cm³/mol. The lowest BCUT2D eigenvalue weighted by atomic mass is 10.2. The molecule has 18 heavy (non-hydrogen) atoms. The van der Waals surface area contributed by atoms with Crippen molar-refractivity contribution in [3.05, 3.63) is 45.9 Å². The molecule has 0 radical (unpaired) electrons. The molecule has 1 aromatic heterocycles. The van der Waals surface area contributed by atoms with Gasteiger partial charge in [0.05, 0.1) is 23.1 Å². The summed E-state index contributed by atoms with van der Waals surface area (Å²) in [6, 6.07) is 4.71. The fourth-order valence-electron chi connectivity index (χ4n) is 1.50. The molecule has 0 aliphatic rings. The molecule has 5 nitrogen and oxygen atoms in total. The molecule has 1 heterocycles. The summed E-state index contributed by atoms with van der Waals surface area (Å²) in [5, 5.41) is 16.1. The van der Waals surface area contributed by atoms with Crippen LogP contribution in [0.25, 0.3) is 0 Å². The predicted octanol–water partition coefficient (Wildman–Crippen LogP) is 1.86. The first-order valence-electron chi connectivity index (χ1n) is 5.10. The maximum Gasteiger partial charge on any atom is 0.309 e. The van der Waals surface area contributed by atoms with Crippen LogP contribution in [-0.2, 0) is 17.8 Å². The normalized spacial score (nSPS) is 10.6. The van der Waals surface area contributed by atoms with Crippen LogP contribution in [0.1, 0.15) is 11.3 Å². The number of benzene rings is 1. The summed E-state index contributed by atoms with van der Waals surface area (Å²) < 4.78 is 15.1. The lowest BCUT2D eigenvalue weighted by Crippen LogP contribution is -2.02. The minimum absolute atomic E-state index is 0.176. The van der Waals surface area contributed by atoms with Crippen LogP contribution in [-0.4, -0.2) is 26.1 Å². The molecule has 0 aliphatic carbocycles. The average Bonchev–Trinajstić information content (AvgIpc) is 2.71. The van der Waals surface area contributed by atoms with Crippen LogP contribution < -0.4 is 0 Å². The molecule has 0 spiro atoms. The van der Waals surface area contributed by atoms with Crippen LogP contribution in [0, 0.1) is 5.82 Å². The van der Waals surface area contributed by atoms with Gasteiger partial charge in [0.2, 0.25) is 0 Å². The van der Waals surface area contributed by atoms with Gasteiger partial charge in [0.15, 0.2) is 0 Å². The molecule has 0 saturated heterocycles. The van der Waals surface area contributed by atoms with Crippen LogP contribution in [0.2, 0.25) is 0 Å². The second-order valence-corrected chi connectivity index (χ2v) is 4.48. The van der Waals surface area contributed by atoms with Gasteiger partial charge >= 0.3 is 5.97 Å². The number of hydrogen-bond donors (Lipinski definition) is 1. The van der Waals surface area contributed by atoms with Gasteiger partial charge in [-0.3, -0.25) is 4.79 Å². The zero-order chi connectivity index (χ0) is 13.1. The van der Waals surface area contributed by atoms with Crippen LogP contribution in [0.4, 0.5) is 4.39 Å². The van der Waals surface area contributed by atoms with E-state index in [1.165, 1.54) is 16.9 Å². The fraction of sp³-hybridized carbons (Fsp3) is 0.182. The third-order valence-corrected chi connectivity index (χ3v) is 3.17. The first-order chi connectivity index (χ1) is 8.56. The van der Waals surface area contributed by atoms with E-state index in [-0.39, 0.29) is 12.2 Å². The molecular weight excluding hydrogens is 305 g/mol. The number of carboxylic acids is 1. The van der Waals surface area contributed by atoms with E-state index in [0.29, 0.717) is 22.3 Å². The van der Waals surface area contributed by atoms with E-state index < -0.39 is 5.97 Å². The lowest BCUT2D eigenvalue weighted by molar-refractivity contribution is -0.136. The topological polar surface area (TPSA) is 68.0 Å². The van der Waals surface area contributed by atoms with Crippen LogP contribution >= 0.6 is 15.9 Å². The first-order valence-corrected chi connectivity index (χ1v) is 5.89. The fourth-order valence-corrected chi connectivity index (χ4v) is 1.89. The SMILES string of the molecule is O=C(O)Cc1cn(Cc2cccc(F)c2Br)nn1. The van der Waals surface area contributed by atoms with Crippen molar-refractivity contribution in [2.24, 2.45) is 0 Å². The Kier molecular flexibility index (Phi) is 3.71. The summed E-state index contributed by atoms with van der Waals surface area (Å²) >= 11 is 3.15. The second kappa shape index (κ2) is 5.26. The van der Waals surface area contributed by atoms with Gasteiger partial charge in [-0.25, -0.2) is 9.07 Å². The van der Waals surface area contributed by atoms with Crippen molar-refractivity contribution in [2.75, 3.05) is 0 Å². The molecule has 0 fully saturated rings. The van der Waals surface area contributed by atoms with E-state index in [4.69, 9.17) is 5.11 Å². The lowest BCUT2D eigenvalue weighted by Gasteiger charge is -2.04. The summed E-state index contributed by atoms with van der Waals surface area (Å²) in [5.74, 6) is -1.31. The van der Waals surface area contributed by atoms with E-state index in [0.717, 1.165) is 0 Å². The maximum absolute atomic E-state index is 13.3. The van der Waals surface area contributed by atoms with E-state index in [1.54, 1.807) is 12.1 Å². The number of hydrogen-bond acceptors (Lipinski definition) is 3. The molecule has 2 rings (SSSR count). The molecule has 2 aromatic rings. The highest BCUT2D eigenvalue weighted by Gasteiger charge is 2.09. The number of halogens is 2. The molecule has 1 N–H and O–H groups in total. The summed E-state index contributed by atoms with van der Waals surface area (Å²) in [6.45, 7) is 0.324. The average molecular weight is 314 g/mol. The Bertz CT molecular complexity index is 585. The number of rotatable bonds is 4. The Labute approximate surface area is 110 Å². The zero-order valence-electron chi connectivity index (χ0n) is 9.18. The largest absolute Gasteiger partial charge is 0.481 e. The van der Waals surface area contributed by atoms with Gasteiger partial charge in [0.25, 0.3) is 0 Å². The first kappa shape index (κ1) is 12.7. The second-order valence-electron chi connectivity index (χ2n) is 3.69. The summed E-state index contributed by atoms with van der Waals surface area (Å²) in [5.41, 5.74) is 1.08. The van der Waals surface area contributed by atoms with Crippen molar-refractivity contribution in [3.63, 3.8) is 0 Å². The van der Waals surface area contributed by atoms with Crippen molar-refractivity contribution in [1.82, 2.24) is 15.0 Å². The maximum atomic E-state index is 13.3. The van der Waals surface area contributed by atoms with Crippen molar-refractivity contribution in [2.45, 2.75) is 13.0 Å². The number of carbonyl (C=O) groups is 1. The van der Waals surface area contributed by atoms with Crippen molar-refractivity contribution >= 4 is 21.9 Å². The Morgan fingerprint density at radius 3 is 3.00 bits per heavy atom. The Morgan fingerprint density at radius 1 is 1.50 bits per heavy atom. The van der Waals surface area contributed by atoms with Crippen LogP contribution in [0.5, 0.6) is 0 Å². The summed E-state index contributed by atoms with van der Waals surface area (Å²) in [7, 11) is 0. The highest BCUT2D eigenvalue weighted by atomic mass is 79.9. The Hall–Kier alpha value is -1.76. The van der Waals surface area contributed by atoms with Gasteiger partial charge < -0.3 is 5.11 Å². The number of aromatic nitrogens is 3. The van der Waals surface area contributed by atoms with Gasteiger partial charge in [0.1, 0.15) is 5.82 Å². The van der Waals surface area contributed by atoms with Crippen molar-refractivity contribution in [3.8, 4) is 0 Å². The molecule has 0 atom stereocenters. The minimum atomic E-state index is -0.964. The molecule has 0 saturated carbocycles. The van der Waals surface area contributed by atoms with Crippen LogP contribution in [0.3, 0.4) is 0 Å². The molecule has 0 bridgehead atoms. The number of carboxylic acid groups (broad SMARTS) is 1. The minimum Gasteiger partial charge on any atom is -0.481 e. The molecular formula is C11H9BrFN3O2. The summed E-state index contributed by atoms with van der Waals surface area (Å²) in [6.07, 6.45) is 1.36. The summed E-state index contributed by atoms with van der Waals surface area (Å²) in [4.78, 5) is 10.5. The number of aliphatic carboxylic acids is 1. The van der Waals surface area contributed by atoms with Gasteiger partial charge in [-0.05, 0) is 27.6 Å². The number of nitrogens with zero attached hydrogens (tertiary/aromatic N) is 3. The Morgan fingerprint density at radius 2 is 2.28 bits per heavy atom. The highest BCUT2D eigenvalue weighted by molar-refractivity contribution is 9.10. The monoisotopic (exact) mass is 313 g/mol. The molecule has 0 amide bonds. The van der Waals surface area contributed by atoms with E-state index in [2.05, 4.69) is 26.2 Å². The van der Waals surface area contributed by atoms with Crippen molar-refractivity contribution in [1.29, 1.82) is 0 Å². The molecule has 7 heteroatoms. The molecule has 1 aromatic carbocycles. The standard InChI is InChI=1S/C11H9BrFN3O2/c12-11-7(2-1-3-9(11)13)5-16-6-8(14-15-16)4-10(17)18/h1-3,6H,4-5H2,(H,17,18). The quantitative estimate of drug-likeness (QED) is 0.935. The van der Waals surface area contributed by atoms with E-state index in [1.807, 2.05) is 0 Å². The smallest absolute Gasteiger partial charge is 0.309 e. The molecule has 94 valence electrons. The molecule has 0 aliphatic heterocycles. The van der Waals surface area contributed by atoms with Gasteiger partial charge in [-0.1, -0.05) is 17.3 Å². The van der Waals surface area contributed by atoms with E-state index in [9.17, 15) is 9.18 Å².